The Morgan fingerprint density at radius 1 is 1.05 bits per heavy atom. The molecule has 2 rings (SSSR count). The van der Waals surface area contributed by atoms with E-state index in [1.807, 2.05) is 12.1 Å². The second kappa shape index (κ2) is 5.07. The minimum absolute atomic E-state index is 0.0579. The summed E-state index contributed by atoms with van der Waals surface area (Å²) in [6.07, 6.45) is 0. The number of anilines is 1. The SMILES string of the molecule is COc1cc(C(C)(C)C)c(OC)cc1-c1cc(N)no1. The van der Waals surface area contributed by atoms with E-state index in [4.69, 9.17) is 19.7 Å². The molecular weight excluding hydrogens is 256 g/mol. The van der Waals surface area contributed by atoms with Gasteiger partial charge in [0.05, 0.1) is 19.8 Å². The quantitative estimate of drug-likeness (QED) is 0.931. The van der Waals surface area contributed by atoms with Crippen LogP contribution in [-0.4, -0.2) is 19.4 Å². The van der Waals surface area contributed by atoms with Gasteiger partial charge in [0.2, 0.25) is 0 Å². The third-order valence-electron chi connectivity index (χ3n) is 3.12. The molecule has 108 valence electrons. The van der Waals surface area contributed by atoms with E-state index in [-0.39, 0.29) is 5.41 Å². The lowest BCUT2D eigenvalue weighted by Crippen LogP contribution is -2.13. The van der Waals surface area contributed by atoms with Crippen LogP contribution in [0, 0.1) is 0 Å². The van der Waals surface area contributed by atoms with Gasteiger partial charge in [-0.2, -0.15) is 0 Å². The molecule has 0 spiro atoms. The van der Waals surface area contributed by atoms with Crippen LogP contribution in [0.15, 0.2) is 22.7 Å². The summed E-state index contributed by atoms with van der Waals surface area (Å²) in [4.78, 5) is 0. The van der Waals surface area contributed by atoms with E-state index in [2.05, 4.69) is 25.9 Å². The molecule has 0 amide bonds. The van der Waals surface area contributed by atoms with Gasteiger partial charge in [-0.15, -0.1) is 0 Å². The Labute approximate surface area is 118 Å². The van der Waals surface area contributed by atoms with Crippen molar-refractivity contribution < 1.29 is 14.0 Å². The molecule has 20 heavy (non-hydrogen) atoms. The fourth-order valence-corrected chi connectivity index (χ4v) is 2.09. The van der Waals surface area contributed by atoms with Gasteiger partial charge in [-0.25, -0.2) is 0 Å². The van der Waals surface area contributed by atoms with Gasteiger partial charge in [0.25, 0.3) is 0 Å². The van der Waals surface area contributed by atoms with Gasteiger partial charge in [0, 0.05) is 11.6 Å². The van der Waals surface area contributed by atoms with Gasteiger partial charge in [-0.1, -0.05) is 25.9 Å². The molecule has 2 aromatic rings. The van der Waals surface area contributed by atoms with Crippen molar-refractivity contribution in [3.63, 3.8) is 0 Å². The van der Waals surface area contributed by atoms with Gasteiger partial charge >= 0.3 is 0 Å². The maximum atomic E-state index is 5.60. The summed E-state index contributed by atoms with van der Waals surface area (Å²) in [6.45, 7) is 6.36. The number of nitrogens with two attached hydrogens (primary N) is 1. The molecule has 0 aliphatic carbocycles. The summed E-state index contributed by atoms with van der Waals surface area (Å²) in [5, 5.41) is 3.70. The fourth-order valence-electron chi connectivity index (χ4n) is 2.09. The van der Waals surface area contributed by atoms with Crippen LogP contribution in [0.2, 0.25) is 0 Å². The van der Waals surface area contributed by atoms with Crippen LogP contribution in [0.3, 0.4) is 0 Å². The molecule has 0 saturated carbocycles. The molecule has 0 bridgehead atoms. The van der Waals surface area contributed by atoms with E-state index < -0.39 is 0 Å². The highest BCUT2D eigenvalue weighted by molar-refractivity contribution is 5.71. The number of nitrogens with zero attached hydrogens (tertiary/aromatic N) is 1. The third kappa shape index (κ3) is 2.57. The minimum atomic E-state index is -0.0579. The van der Waals surface area contributed by atoms with Gasteiger partial charge in [0.15, 0.2) is 11.6 Å². The Morgan fingerprint density at radius 2 is 1.70 bits per heavy atom. The summed E-state index contributed by atoms with van der Waals surface area (Å²) < 4.78 is 16.2. The van der Waals surface area contributed by atoms with Crippen molar-refractivity contribution in [2.75, 3.05) is 20.0 Å². The average molecular weight is 276 g/mol. The molecule has 0 aliphatic heterocycles. The first-order chi connectivity index (χ1) is 9.36. The highest BCUT2D eigenvalue weighted by atomic mass is 16.5. The smallest absolute Gasteiger partial charge is 0.172 e. The monoisotopic (exact) mass is 276 g/mol. The zero-order valence-corrected chi connectivity index (χ0v) is 12.5. The maximum Gasteiger partial charge on any atom is 0.172 e. The van der Waals surface area contributed by atoms with Gasteiger partial charge in [-0.05, 0) is 17.5 Å². The number of hydrogen-bond donors (Lipinski definition) is 1. The lowest BCUT2D eigenvalue weighted by molar-refractivity contribution is 0.385. The first-order valence-corrected chi connectivity index (χ1v) is 6.36. The second-order valence-corrected chi connectivity index (χ2v) is 5.62. The molecule has 5 heteroatoms. The first-order valence-electron chi connectivity index (χ1n) is 6.36. The van der Waals surface area contributed by atoms with E-state index in [1.165, 1.54) is 0 Å². The molecule has 1 heterocycles. The van der Waals surface area contributed by atoms with Crippen LogP contribution in [0.25, 0.3) is 11.3 Å². The molecular formula is C15H20N2O3. The molecule has 0 unspecified atom stereocenters. The lowest BCUT2D eigenvalue weighted by atomic mass is 9.85. The summed E-state index contributed by atoms with van der Waals surface area (Å²) in [5.74, 6) is 2.37. The van der Waals surface area contributed by atoms with E-state index in [9.17, 15) is 0 Å². The Hall–Kier alpha value is -2.17. The summed E-state index contributed by atoms with van der Waals surface area (Å²) in [6, 6.07) is 5.51. The molecule has 0 radical (unpaired) electrons. The van der Waals surface area contributed by atoms with Crippen molar-refractivity contribution in [1.29, 1.82) is 0 Å². The Bertz CT molecular complexity index is 612. The summed E-state index contributed by atoms with van der Waals surface area (Å²) >= 11 is 0. The molecule has 1 aromatic heterocycles. The van der Waals surface area contributed by atoms with Crippen molar-refractivity contribution >= 4 is 5.82 Å². The van der Waals surface area contributed by atoms with Crippen LogP contribution < -0.4 is 15.2 Å². The zero-order chi connectivity index (χ0) is 14.9. The molecule has 0 atom stereocenters. The van der Waals surface area contributed by atoms with Crippen molar-refractivity contribution in [3.8, 4) is 22.8 Å². The Kier molecular flexibility index (Phi) is 3.61. The number of nitrogen functional groups attached to an aromatic ring is 1. The van der Waals surface area contributed by atoms with Crippen LogP contribution >= 0.6 is 0 Å². The van der Waals surface area contributed by atoms with E-state index in [1.54, 1.807) is 20.3 Å². The third-order valence-corrected chi connectivity index (χ3v) is 3.12. The molecule has 1 aromatic carbocycles. The molecule has 5 nitrogen and oxygen atoms in total. The molecule has 0 aliphatic rings. The van der Waals surface area contributed by atoms with Crippen LogP contribution in [-0.2, 0) is 5.41 Å². The van der Waals surface area contributed by atoms with Crippen molar-refractivity contribution in [2.24, 2.45) is 0 Å². The zero-order valence-electron chi connectivity index (χ0n) is 12.5. The Morgan fingerprint density at radius 3 is 2.15 bits per heavy atom. The van der Waals surface area contributed by atoms with Crippen LogP contribution in [0.4, 0.5) is 5.82 Å². The van der Waals surface area contributed by atoms with Crippen molar-refractivity contribution in [3.05, 3.63) is 23.8 Å². The number of ether oxygens (including phenoxy) is 2. The Balaban J connectivity index is 2.64. The van der Waals surface area contributed by atoms with E-state index >= 15 is 0 Å². The predicted octanol–water partition coefficient (Wildman–Crippen LogP) is 3.24. The number of methoxy groups -OCH3 is 2. The highest BCUT2D eigenvalue weighted by Gasteiger charge is 2.23. The maximum absolute atomic E-state index is 5.60. The van der Waals surface area contributed by atoms with Crippen LogP contribution in [0.1, 0.15) is 26.3 Å². The van der Waals surface area contributed by atoms with Gasteiger partial charge in [-0.3, -0.25) is 0 Å². The normalized spacial score (nSPS) is 11.4. The number of hydrogen-bond acceptors (Lipinski definition) is 5. The lowest BCUT2D eigenvalue weighted by Gasteiger charge is -2.23. The highest BCUT2D eigenvalue weighted by Crippen LogP contribution is 2.41. The first kappa shape index (κ1) is 14.2. The summed E-state index contributed by atoms with van der Waals surface area (Å²) in [7, 11) is 3.27. The summed E-state index contributed by atoms with van der Waals surface area (Å²) in [5.41, 5.74) is 7.37. The van der Waals surface area contributed by atoms with E-state index in [0.717, 1.165) is 16.9 Å². The van der Waals surface area contributed by atoms with Crippen molar-refractivity contribution in [2.45, 2.75) is 26.2 Å². The topological polar surface area (TPSA) is 70.5 Å². The molecule has 2 N–H and O–H groups in total. The van der Waals surface area contributed by atoms with E-state index in [0.29, 0.717) is 17.3 Å². The number of aromatic nitrogens is 1. The second-order valence-electron chi connectivity index (χ2n) is 5.62. The van der Waals surface area contributed by atoms with Crippen molar-refractivity contribution in [1.82, 2.24) is 5.16 Å². The number of rotatable bonds is 3. The number of benzene rings is 1. The standard InChI is InChI=1S/C15H20N2O3/c1-15(2,3)10-7-11(18-4)9(6-13(10)19-5)12-8-14(16)17-20-12/h6-8H,1-5H3,(H2,16,17). The molecule has 0 fully saturated rings. The minimum Gasteiger partial charge on any atom is -0.496 e. The van der Waals surface area contributed by atoms with Crippen LogP contribution in [0.5, 0.6) is 11.5 Å². The van der Waals surface area contributed by atoms with Gasteiger partial charge in [0.1, 0.15) is 11.5 Å². The largest absolute Gasteiger partial charge is 0.496 e. The molecule has 0 saturated heterocycles. The predicted molar refractivity (Wildman–Crippen MR) is 78.2 cm³/mol. The fraction of sp³-hybridized carbons (Fsp3) is 0.400. The van der Waals surface area contributed by atoms with Gasteiger partial charge < -0.3 is 19.7 Å². The average Bonchev–Trinajstić information content (AvgIpc) is 2.82.